The molecule has 15 heavy (non-hydrogen) atoms. The van der Waals surface area contributed by atoms with Crippen LogP contribution in [0.4, 0.5) is 0 Å². The Kier molecular flexibility index (Phi) is 5.28. The predicted molar refractivity (Wildman–Crippen MR) is 73.3 cm³/mol. The zero-order valence-electron chi connectivity index (χ0n) is 8.96. The molecule has 1 aromatic carbocycles. The molecule has 3 heteroatoms. The summed E-state index contributed by atoms with van der Waals surface area (Å²) in [6.45, 7) is 5.95. The van der Waals surface area contributed by atoms with E-state index in [1.54, 1.807) is 0 Å². The molecule has 3 N–H and O–H groups in total. The van der Waals surface area contributed by atoms with Gasteiger partial charge in [-0.05, 0) is 60.1 Å². The average Bonchev–Trinajstić information content (AvgIpc) is 2.18. The Morgan fingerprint density at radius 2 is 2.33 bits per heavy atom. The van der Waals surface area contributed by atoms with Crippen LogP contribution in [0, 0.1) is 3.57 Å². The van der Waals surface area contributed by atoms with Crippen molar-refractivity contribution in [3.8, 4) is 0 Å². The second-order valence-corrected chi connectivity index (χ2v) is 5.02. The molecule has 0 bridgehead atoms. The van der Waals surface area contributed by atoms with E-state index in [1.807, 2.05) is 6.92 Å². The number of allylic oxidation sites excluding steroid dienone is 1. The van der Waals surface area contributed by atoms with E-state index >= 15 is 0 Å². The second-order valence-electron chi connectivity index (χ2n) is 3.77. The smallest absolute Gasteiger partial charge is 0.0463 e. The zero-order chi connectivity index (χ0) is 11.3. The molecule has 0 aromatic heterocycles. The average molecular weight is 316 g/mol. The molecule has 0 fully saturated rings. The molecule has 0 spiro atoms. The number of hydrogen-bond donors (Lipinski definition) is 2. The van der Waals surface area contributed by atoms with Gasteiger partial charge in [0.2, 0.25) is 0 Å². The first-order valence-electron chi connectivity index (χ1n) is 4.99. The Hall–Kier alpha value is -0.390. The van der Waals surface area contributed by atoms with E-state index in [0.717, 1.165) is 12.8 Å². The first kappa shape index (κ1) is 12.7. The van der Waals surface area contributed by atoms with E-state index in [1.165, 1.54) is 14.7 Å². The summed E-state index contributed by atoms with van der Waals surface area (Å²) in [7, 11) is 0. The minimum Gasteiger partial charge on any atom is -0.271 e. The van der Waals surface area contributed by atoms with Crippen molar-refractivity contribution >= 4 is 22.6 Å². The van der Waals surface area contributed by atoms with Crippen molar-refractivity contribution in [2.45, 2.75) is 25.8 Å². The van der Waals surface area contributed by atoms with Gasteiger partial charge in [0, 0.05) is 9.61 Å². The molecule has 0 aliphatic heterocycles. The molecule has 0 saturated carbocycles. The lowest BCUT2D eigenvalue weighted by Gasteiger charge is -2.16. The highest BCUT2D eigenvalue weighted by Crippen LogP contribution is 2.21. The molecule has 0 heterocycles. The number of rotatable bonds is 5. The van der Waals surface area contributed by atoms with Crippen LogP contribution in [-0.4, -0.2) is 0 Å². The number of halogens is 1. The van der Waals surface area contributed by atoms with Gasteiger partial charge in [-0.2, -0.15) is 0 Å². The molecule has 2 nitrogen and oxygen atoms in total. The van der Waals surface area contributed by atoms with Crippen LogP contribution in [0.2, 0.25) is 0 Å². The third-order valence-corrected chi connectivity index (χ3v) is 2.98. The second kappa shape index (κ2) is 6.25. The summed E-state index contributed by atoms with van der Waals surface area (Å²) in [5.74, 6) is 5.56. The number of benzene rings is 1. The van der Waals surface area contributed by atoms with Crippen molar-refractivity contribution in [1.82, 2.24) is 5.43 Å². The van der Waals surface area contributed by atoms with Crippen LogP contribution in [0.25, 0.3) is 0 Å². The van der Waals surface area contributed by atoms with E-state index in [4.69, 9.17) is 5.84 Å². The minimum atomic E-state index is 0.219. The summed E-state index contributed by atoms with van der Waals surface area (Å²) in [5.41, 5.74) is 5.29. The van der Waals surface area contributed by atoms with Crippen LogP contribution in [0.1, 0.15) is 31.4 Å². The molecule has 0 aliphatic carbocycles. The highest BCUT2D eigenvalue weighted by molar-refractivity contribution is 14.1. The monoisotopic (exact) mass is 316 g/mol. The molecule has 0 saturated heterocycles. The normalized spacial score (nSPS) is 12.5. The quantitative estimate of drug-likeness (QED) is 0.379. The summed E-state index contributed by atoms with van der Waals surface area (Å²) in [5, 5.41) is 0. The van der Waals surface area contributed by atoms with Gasteiger partial charge in [0.1, 0.15) is 0 Å². The highest BCUT2D eigenvalue weighted by atomic mass is 127. The Morgan fingerprint density at radius 1 is 1.60 bits per heavy atom. The fourth-order valence-electron chi connectivity index (χ4n) is 1.46. The number of nitrogens with one attached hydrogen (secondary N) is 1. The summed E-state index contributed by atoms with van der Waals surface area (Å²) in [6.07, 6.45) is 1.99. The molecular formula is C12H17IN2. The van der Waals surface area contributed by atoms with Crippen molar-refractivity contribution in [2.24, 2.45) is 5.84 Å². The third-order valence-electron chi connectivity index (χ3n) is 2.31. The molecule has 0 amide bonds. The van der Waals surface area contributed by atoms with Crippen molar-refractivity contribution in [1.29, 1.82) is 0 Å². The van der Waals surface area contributed by atoms with E-state index < -0.39 is 0 Å². The maximum absolute atomic E-state index is 5.56. The molecule has 1 unspecified atom stereocenters. The summed E-state index contributed by atoms with van der Waals surface area (Å²) in [4.78, 5) is 0. The molecule has 0 aliphatic rings. The molecule has 82 valence electrons. The Balaban J connectivity index is 2.69. The fourth-order valence-corrected chi connectivity index (χ4v) is 2.03. The van der Waals surface area contributed by atoms with Crippen molar-refractivity contribution in [2.75, 3.05) is 0 Å². The number of hydrazine groups is 1. The van der Waals surface area contributed by atoms with E-state index in [0.29, 0.717) is 0 Å². The molecule has 1 aromatic rings. The first-order chi connectivity index (χ1) is 7.13. The van der Waals surface area contributed by atoms with Crippen LogP contribution in [0.5, 0.6) is 0 Å². The molecule has 1 atom stereocenters. The Bertz CT molecular complexity index is 336. The van der Waals surface area contributed by atoms with Crippen LogP contribution in [0.3, 0.4) is 0 Å². The summed E-state index contributed by atoms with van der Waals surface area (Å²) < 4.78 is 1.24. The highest BCUT2D eigenvalue weighted by Gasteiger charge is 2.09. The largest absolute Gasteiger partial charge is 0.271 e. The lowest BCUT2D eigenvalue weighted by atomic mass is 10.0. The fraction of sp³-hybridized carbons (Fsp3) is 0.333. The van der Waals surface area contributed by atoms with Gasteiger partial charge in [-0.25, -0.2) is 0 Å². The van der Waals surface area contributed by atoms with Crippen LogP contribution in [0.15, 0.2) is 36.4 Å². The van der Waals surface area contributed by atoms with Gasteiger partial charge >= 0.3 is 0 Å². The van der Waals surface area contributed by atoms with Gasteiger partial charge < -0.3 is 0 Å². The van der Waals surface area contributed by atoms with E-state index in [-0.39, 0.29) is 6.04 Å². The van der Waals surface area contributed by atoms with Gasteiger partial charge in [-0.1, -0.05) is 17.7 Å². The Morgan fingerprint density at radius 3 is 2.87 bits per heavy atom. The van der Waals surface area contributed by atoms with Gasteiger partial charge in [-0.15, -0.1) is 6.58 Å². The van der Waals surface area contributed by atoms with Crippen molar-refractivity contribution < 1.29 is 0 Å². The van der Waals surface area contributed by atoms with E-state index in [2.05, 4.69) is 58.9 Å². The van der Waals surface area contributed by atoms with Gasteiger partial charge in [0.25, 0.3) is 0 Å². The van der Waals surface area contributed by atoms with Gasteiger partial charge in [-0.3, -0.25) is 11.3 Å². The maximum Gasteiger partial charge on any atom is 0.0463 e. The summed E-state index contributed by atoms with van der Waals surface area (Å²) >= 11 is 2.31. The van der Waals surface area contributed by atoms with Crippen molar-refractivity contribution in [3.63, 3.8) is 0 Å². The lowest BCUT2D eigenvalue weighted by Crippen LogP contribution is -2.28. The minimum absolute atomic E-state index is 0.219. The van der Waals surface area contributed by atoms with Crippen LogP contribution < -0.4 is 11.3 Å². The molecular weight excluding hydrogens is 299 g/mol. The summed E-state index contributed by atoms with van der Waals surface area (Å²) in [6, 6.07) is 8.61. The number of nitrogens with two attached hydrogens (primary N) is 1. The third kappa shape index (κ3) is 4.32. The molecule has 1 rings (SSSR count). The Labute approximate surface area is 105 Å². The van der Waals surface area contributed by atoms with Gasteiger partial charge in [0.15, 0.2) is 0 Å². The predicted octanol–water partition coefficient (Wildman–Crippen LogP) is 3.15. The number of hydrogen-bond acceptors (Lipinski definition) is 2. The SMILES string of the molecule is C=C(C)CCC(NN)c1cccc(I)c1. The zero-order valence-corrected chi connectivity index (χ0v) is 11.1. The lowest BCUT2D eigenvalue weighted by molar-refractivity contribution is 0.515. The standard InChI is InChI=1S/C12H17IN2/c1-9(2)6-7-12(15-14)10-4-3-5-11(13)8-10/h3-5,8,12,15H,1,6-7,14H2,2H3. The molecule has 0 radical (unpaired) electrons. The van der Waals surface area contributed by atoms with E-state index in [9.17, 15) is 0 Å². The van der Waals surface area contributed by atoms with Gasteiger partial charge in [0.05, 0.1) is 0 Å². The van der Waals surface area contributed by atoms with Crippen LogP contribution in [-0.2, 0) is 0 Å². The topological polar surface area (TPSA) is 38.0 Å². The van der Waals surface area contributed by atoms with Crippen molar-refractivity contribution in [3.05, 3.63) is 45.6 Å². The van der Waals surface area contributed by atoms with Crippen LogP contribution >= 0.6 is 22.6 Å². The maximum atomic E-state index is 5.56. The first-order valence-corrected chi connectivity index (χ1v) is 6.07.